The first-order chi connectivity index (χ1) is 16.4. The van der Waals surface area contributed by atoms with Gasteiger partial charge in [-0.2, -0.15) is 0 Å². The predicted molar refractivity (Wildman–Crippen MR) is 133 cm³/mol. The second-order valence-corrected chi connectivity index (χ2v) is 8.45. The van der Waals surface area contributed by atoms with Gasteiger partial charge in [-0.05, 0) is 54.0 Å². The lowest BCUT2D eigenvalue weighted by Gasteiger charge is -2.25. The lowest BCUT2D eigenvalue weighted by molar-refractivity contribution is -0.118. The van der Waals surface area contributed by atoms with Crippen LogP contribution in [0, 0.1) is 5.92 Å². The van der Waals surface area contributed by atoms with Gasteiger partial charge in [0.05, 0.1) is 33.5 Å². The van der Waals surface area contributed by atoms with Crippen molar-refractivity contribution in [3.63, 3.8) is 0 Å². The van der Waals surface area contributed by atoms with Crippen molar-refractivity contribution in [3.05, 3.63) is 54.1 Å². The van der Waals surface area contributed by atoms with Gasteiger partial charge in [-0.25, -0.2) is 0 Å². The topological polar surface area (TPSA) is 89.1 Å². The highest BCUT2D eigenvalue weighted by Crippen LogP contribution is 2.29. The van der Waals surface area contributed by atoms with E-state index in [0.717, 1.165) is 18.7 Å². The van der Waals surface area contributed by atoms with Crippen molar-refractivity contribution in [1.82, 2.24) is 4.90 Å². The van der Waals surface area contributed by atoms with Crippen LogP contribution in [0.2, 0.25) is 0 Å². The Bertz CT molecular complexity index is 982. The Hall–Kier alpha value is -3.36. The Kier molecular flexibility index (Phi) is 9.49. The molecular weight excluding hydrogens is 434 g/mol. The molecule has 0 spiro atoms. The minimum atomic E-state index is -0.261. The largest absolute Gasteiger partial charge is 0.493 e. The number of rotatable bonds is 10. The maximum atomic E-state index is 12.3. The SMILES string of the molecule is COc1cc(/C=C/C(=O)Nc2ccc(NC(=O)CN3CCOCC3)cc2)ccc1OCC(C)C. The standard InChI is InChI=1S/C26H33N3O5/c1-19(2)18-34-23-10-4-20(16-24(23)32-3)5-11-25(30)27-21-6-8-22(9-7-21)28-26(31)17-29-12-14-33-15-13-29/h4-11,16,19H,12-15,17-18H2,1-3H3,(H,27,30)(H,28,31)/b11-5+. The van der Waals surface area contributed by atoms with Crippen molar-refractivity contribution in [2.75, 3.05) is 57.2 Å². The number of anilines is 2. The molecule has 0 saturated carbocycles. The summed E-state index contributed by atoms with van der Waals surface area (Å²) in [6, 6.07) is 12.6. The summed E-state index contributed by atoms with van der Waals surface area (Å²) in [5, 5.41) is 5.69. The van der Waals surface area contributed by atoms with Gasteiger partial charge in [0.25, 0.3) is 0 Å². The van der Waals surface area contributed by atoms with Crippen molar-refractivity contribution >= 4 is 29.3 Å². The van der Waals surface area contributed by atoms with E-state index in [0.29, 0.717) is 55.2 Å². The zero-order valence-corrected chi connectivity index (χ0v) is 20.0. The van der Waals surface area contributed by atoms with Crippen LogP contribution < -0.4 is 20.1 Å². The van der Waals surface area contributed by atoms with Gasteiger partial charge in [0, 0.05) is 30.5 Å². The molecule has 2 aromatic rings. The van der Waals surface area contributed by atoms with Crippen LogP contribution >= 0.6 is 0 Å². The Morgan fingerprint density at radius 3 is 2.35 bits per heavy atom. The highest BCUT2D eigenvalue weighted by atomic mass is 16.5. The number of carbonyl (C=O) groups excluding carboxylic acids is 2. The number of amides is 2. The quantitative estimate of drug-likeness (QED) is 0.519. The molecule has 3 rings (SSSR count). The second kappa shape index (κ2) is 12.8. The molecule has 0 aromatic heterocycles. The molecule has 8 heteroatoms. The number of hydrogen-bond acceptors (Lipinski definition) is 6. The molecule has 1 aliphatic rings. The lowest BCUT2D eigenvalue weighted by atomic mass is 10.2. The number of nitrogens with zero attached hydrogens (tertiary/aromatic N) is 1. The zero-order valence-electron chi connectivity index (χ0n) is 20.0. The van der Waals surface area contributed by atoms with E-state index in [1.54, 1.807) is 37.5 Å². The van der Waals surface area contributed by atoms with Crippen molar-refractivity contribution in [3.8, 4) is 11.5 Å². The third-order valence-electron chi connectivity index (χ3n) is 5.09. The summed E-state index contributed by atoms with van der Waals surface area (Å²) in [6.45, 7) is 7.93. The van der Waals surface area contributed by atoms with E-state index in [-0.39, 0.29) is 11.8 Å². The minimum absolute atomic E-state index is 0.0716. The summed E-state index contributed by atoms with van der Waals surface area (Å²) in [5.41, 5.74) is 2.14. The van der Waals surface area contributed by atoms with Gasteiger partial charge in [-0.3, -0.25) is 14.5 Å². The molecule has 182 valence electrons. The maximum absolute atomic E-state index is 12.3. The molecule has 1 aliphatic heterocycles. The second-order valence-electron chi connectivity index (χ2n) is 8.45. The molecular formula is C26H33N3O5. The Morgan fingerprint density at radius 2 is 1.71 bits per heavy atom. The molecule has 2 aromatic carbocycles. The van der Waals surface area contributed by atoms with E-state index in [2.05, 4.69) is 29.4 Å². The van der Waals surface area contributed by atoms with Gasteiger partial charge in [-0.1, -0.05) is 19.9 Å². The smallest absolute Gasteiger partial charge is 0.248 e. The van der Waals surface area contributed by atoms with Gasteiger partial charge in [0.2, 0.25) is 11.8 Å². The van der Waals surface area contributed by atoms with Crippen LogP contribution in [0.1, 0.15) is 19.4 Å². The average molecular weight is 468 g/mol. The Balaban J connectivity index is 1.50. The van der Waals surface area contributed by atoms with Crippen LogP contribution in [0.15, 0.2) is 48.5 Å². The monoisotopic (exact) mass is 467 g/mol. The molecule has 0 atom stereocenters. The van der Waals surface area contributed by atoms with Crippen molar-refractivity contribution < 1.29 is 23.8 Å². The van der Waals surface area contributed by atoms with Crippen LogP contribution in [-0.2, 0) is 14.3 Å². The first-order valence-electron chi connectivity index (χ1n) is 11.4. The van der Waals surface area contributed by atoms with E-state index in [1.165, 1.54) is 6.08 Å². The molecule has 2 N–H and O–H groups in total. The van der Waals surface area contributed by atoms with E-state index in [4.69, 9.17) is 14.2 Å². The van der Waals surface area contributed by atoms with Gasteiger partial charge >= 0.3 is 0 Å². The Morgan fingerprint density at radius 1 is 1.03 bits per heavy atom. The molecule has 0 bridgehead atoms. The number of benzene rings is 2. The average Bonchev–Trinajstić information content (AvgIpc) is 2.83. The van der Waals surface area contributed by atoms with Crippen molar-refractivity contribution in [1.29, 1.82) is 0 Å². The highest BCUT2D eigenvalue weighted by Gasteiger charge is 2.14. The molecule has 2 amide bonds. The lowest BCUT2D eigenvalue weighted by Crippen LogP contribution is -2.41. The number of ether oxygens (including phenoxy) is 3. The molecule has 1 fully saturated rings. The first kappa shape index (κ1) is 25.3. The fourth-order valence-electron chi connectivity index (χ4n) is 3.32. The zero-order chi connectivity index (χ0) is 24.3. The summed E-state index contributed by atoms with van der Waals surface area (Å²) in [5.74, 6) is 1.37. The summed E-state index contributed by atoms with van der Waals surface area (Å²) in [6.07, 6.45) is 3.17. The molecule has 34 heavy (non-hydrogen) atoms. The van der Waals surface area contributed by atoms with Crippen LogP contribution in [0.5, 0.6) is 11.5 Å². The molecule has 1 heterocycles. The fourth-order valence-corrected chi connectivity index (χ4v) is 3.32. The van der Waals surface area contributed by atoms with Crippen molar-refractivity contribution in [2.24, 2.45) is 5.92 Å². The maximum Gasteiger partial charge on any atom is 0.248 e. The molecule has 0 aliphatic carbocycles. The van der Waals surface area contributed by atoms with Crippen molar-refractivity contribution in [2.45, 2.75) is 13.8 Å². The number of nitrogens with one attached hydrogen (secondary N) is 2. The van der Waals surface area contributed by atoms with E-state index >= 15 is 0 Å². The van der Waals surface area contributed by atoms with Gasteiger partial charge < -0.3 is 24.8 Å². The molecule has 1 saturated heterocycles. The van der Waals surface area contributed by atoms with Crippen LogP contribution in [0.25, 0.3) is 6.08 Å². The summed E-state index contributed by atoms with van der Waals surface area (Å²) in [4.78, 5) is 26.6. The van der Waals surface area contributed by atoms with E-state index in [1.807, 2.05) is 18.2 Å². The number of methoxy groups -OCH3 is 1. The van der Waals surface area contributed by atoms with Crippen LogP contribution in [-0.4, -0.2) is 63.3 Å². The van der Waals surface area contributed by atoms with E-state index in [9.17, 15) is 9.59 Å². The normalized spacial score (nSPS) is 14.2. The van der Waals surface area contributed by atoms with Crippen LogP contribution in [0.3, 0.4) is 0 Å². The number of hydrogen-bond donors (Lipinski definition) is 2. The summed E-state index contributed by atoms with van der Waals surface area (Å²) < 4.78 is 16.5. The number of morpholine rings is 1. The number of carbonyl (C=O) groups is 2. The third kappa shape index (κ3) is 8.20. The predicted octanol–water partition coefficient (Wildman–Crippen LogP) is 3.65. The Labute approximate surface area is 200 Å². The third-order valence-corrected chi connectivity index (χ3v) is 5.09. The first-order valence-corrected chi connectivity index (χ1v) is 11.4. The van der Waals surface area contributed by atoms with Gasteiger partial charge in [0.15, 0.2) is 11.5 Å². The summed E-state index contributed by atoms with van der Waals surface area (Å²) >= 11 is 0. The minimum Gasteiger partial charge on any atom is -0.493 e. The fraction of sp³-hybridized carbons (Fsp3) is 0.385. The summed E-state index contributed by atoms with van der Waals surface area (Å²) in [7, 11) is 1.59. The highest BCUT2D eigenvalue weighted by molar-refractivity contribution is 6.02. The molecule has 0 unspecified atom stereocenters. The van der Waals surface area contributed by atoms with Gasteiger partial charge in [-0.15, -0.1) is 0 Å². The molecule has 0 radical (unpaired) electrons. The van der Waals surface area contributed by atoms with Crippen LogP contribution in [0.4, 0.5) is 11.4 Å². The van der Waals surface area contributed by atoms with Gasteiger partial charge in [0.1, 0.15) is 0 Å². The molecule has 8 nitrogen and oxygen atoms in total. The van der Waals surface area contributed by atoms with E-state index < -0.39 is 0 Å².